The van der Waals surface area contributed by atoms with Crippen molar-refractivity contribution in [3.8, 4) is 5.75 Å². The lowest BCUT2D eigenvalue weighted by Crippen LogP contribution is -2.33. The van der Waals surface area contributed by atoms with E-state index in [4.69, 9.17) is 0 Å². The van der Waals surface area contributed by atoms with E-state index >= 15 is 0 Å². The number of amides is 1. The molecule has 0 aromatic heterocycles. The molecule has 2 aliphatic rings. The molecule has 2 saturated heterocycles. The van der Waals surface area contributed by atoms with Crippen LogP contribution in [0.4, 0.5) is 0 Å². The van der Waals surface area contributed by atoms with Crippen molar-refractivity contribution in [1.29, 1.82) is 0 Å². The highest BCUT2D eigenvalue weighted by atomic mass is 16.3. The highest BCUT2D eigenvalue weighted by Gasteiger charge is 2.47. The van der Waals surface area contributed by atoms with E-state index in [1.807, 2.05) is 11.8 Å². The maximum absolute atomic E-state index is 13.0. The predicted octanol–water partition coefficient (Wildman–Crippen LogP) is 3.38. The zero-order chi connectivity index (χ0) is 18.4. The molecule has 0 radical (unpaired) electrons. The molecule has 136 valence electrons. The van der Waals surface area contributed by atoms with Gasteiger partial charge < -0.3 is 10.0 Å². The van der Waals surface area contributed by atoms with Gasteiger partial charge in [-0.25, -0.2) is 0 Å². The van der Waals surface area contributed by atoms with Crippen molar-refractivity contribution >= 4 is 5.91 Å². The first-order valence-electron chi connectivity index (χ1n) is 9.30. The Morgan fingerprint density at radius 3 is 2.54 bits per heavy atom. The van der Waals surface area contributed by atoms with Gasteiger partial charge in [0.1, 0.15) is 5.75 Å². The van der Waals surface area contributed by atoms with Crippen molar-refractivity contribution in [1.82, 2.24) is 9.80 Å². The van der Waals surface area contributed by atoms with E-state index in [2.05, 4.69) is 43.1 Å². The third kappa shape index (κ3) is 2.78. The second-order valence-electron chi connectivity index (χ2n) is 7.88. The fraction of sp³-hybridized carbons (Fsp3) is 0.409. The molecule has 2 aliphatic heterocycles. The standard InChI is InChI=1S/C22H26N2O2/c1-14-6-4-5-7-18(14)21-19-13-24(12-17(19)11-23(21)3)22(26)16-8-9-20(25)15(2)10-16/h4-10,17,19,21,25H,11-13H2,1-3H3/t17-,19+,21-/m0/s1. The summed E-state index contributed by atoms with van der Waals surface area (Å²) in [5.41, 5.74) is 4.12. The van der Waals surface area contributed by atoms with Crippen molar-refractivity contribution in [2.24, 2.45) is 11.8 Å². The normalized spacial score (nSPS) is 25.5. The zero-order valence-corrected chi connectivity index (χ0v) is 15.6. The molecule has 4 rings (SSSR count). The lowest BCUT2D eigenvalue weighted by atomic mass is 9.88. The summed E-state index contributed by atoms with van der Waals surface area (Å²) in [6, 6.07) is 14.1. The van der Waals surface area contributed by atoms with Gasteiger partial charge in [-0.1, -0.05) is 24.3 Å². The number of hydrogen-bond donors (Lipinski definition) is 1. The number of phenols is 1. The van der Waals surface area contributed by atoms with Crippen LogP contribution in [0.15, 0.2) is 42.5 Å². The third-order valence-electron chi connectivity index (χ3n) is 6.13. The van der Waals surface area contributed by atoms with Gasteiger partial charge in [-0.3, -0.25) is 9.69 Å². The van der Waals surface area contributed by atoms with Crippen LogP contribution in [0.2, 0.25) is 0 Å². The van der Waals surface area contributed by atoms with Gasteiger partial charge in [-0.2, -0.15) is 0 Å². The van der Waals surface area contributed by atoms with E-state index < -0.39 is 0 Å². The Labute approximate surface area is 155 Å². The fourth-order valence-electron chi connectivity index (χ4n) is 4.78. The second-order valence-corrected chi connectivity index (χ2v) is 7.88. The van der Waals surface area contributed by atoms with Crippen LogP contribution in [-0.2, 0) is 0 Å². The van der Waals surface area contributed by atoms with Gasteiger partial charge >= 0.3 is 0 Å². The molecule has 2 aromatic carbocycles. The van der Waals surface area contributed by atoms with E-state index in [0.29, 0.717) is 23.4 Å². The van der Waals surface area contributed by atoms with Crippen LogP contribution >= 0.6 is 0 Å². The van der Waals surface area contributed by atoms with Crippen LogP contribution in [0.1, 0.15) is 33.1 Å². The van der Waals surface area contributed by atoms with Crippen LogP contribution in [0.25, 0.3) is 0 Å². The largest absolute Gasteiger partial charge is 0.508 e. The SMILES string of the molecule is Cc1cc(C(=O)N2C[C@@H]3CN(C)[C@@H](c4ccccc4C)[C@@H]3C2)ccc1O. The van der Waals surface area contributed by atoms with Gasteiger partial charge in [-0.15, -0.1) is 0 Å². The maximum atomic E-state index is 13.0. The molecule has 0 bridgehead atoms. The van der Waals surface area contributed by atoms with Crippen molar-refractivity contribution in [2.75, 3.05) is 26.7 Å². The van der Waals surface area contributed by atoms with Gasteiger partial charge in [0.25, 0.3) is 5.91 Å². The molecule has 2 fully saturated rings. The number of phenolic OH excluding ortho intramolecular Hbond substituents is 1. The summed E-state index contributed by atoms with van der Waals surface area (Å²) >= 11 is 0. The molecule has 4 heteroatoms. The maximum Gasteiger partial charge on any atom is 0.253 e. The van der Waals surface area contributed by atoms with E-state index in [1.165, 1.54) is 11.1 Å². The number of aromatic hydroxyl groups is 1. The summed E-state index contributed by atoms with van der Waals surface area (Å²) in [5.74, 6) is 1.31. The summed E-state index contributed by atoms with van der Waals surface area (Å²) in [4.78, 5) is 17.4. The molecule has 2 heterocycles. The minimum absolute atomic E-state index is 0.0775. The molecule has 4 nitrogen and oxygen atoms in total. The summed E-state index contributed by atoms with van der Waals surface area (Å²) in [6.07, 6.45) is 0. The van der Waals surface area contributed by atoms with Crippen molar-refractivity contribution in [2.45, 2.75) is 19.9 Å². The quantitative estimate of drug-likeness (QED) is 0.903. The Morgan fingerprint density at radius 2 is 1.81 bits per heavy atom. The number of likely N-dealkylation sites (tertiary alicyclic amines) is 2. The molecule has 1 amide bonds. The predicted molar refractivity (Wildman–Crippen MR) is 102 cm³/mol. The number of fused-ring (bicyclic) bond motifs is 1. The molecule has 3 atom stereocenters. The first kappa shape index (κ1) is 17.1. The number of rotatable bonds is 2. The average molecular weight is 350 g/mol. The fourth-order valence-corrected chi connectivity index (χ4v) is 4.78. The van der Waals surface area contributed by atoms with Gasteiger partial charge in [0.15, 0.2) is 0 Å². The second kappa shape index (κ2) is 6.44. The Morgan fingerprint density at radius 1 is 1.04 bits per heavy atom. The van der Waals surface area contributed by atoms with Gasteiger partial charge in [0, 0.05) is 37.2 Å². The minimum atomic E-state index is 0.0775. The molecule has 26 heavy (non-hydrogen) atoms. The van der Waals surface area contributed by atoms with Crippen molar-refractivity contribution in [3.05, 3.63) is 64.7 Å². The van der Waals surface area contributed by atoms with E-state index in [0.717, 1.165) is 25.2 Å². The van der Waals surface area contributed by atoms with Crippen LogP contribution in [-0.4, -0.2) is 47.5 Å². The van der Waals surface area contributed by atoms with Gasteiger partial charge in [0.2, 0.25) is 0 Å². The third-order valence-corrected chi connectivity index (χ3v) is 6.13. The summed E-state index contributed by atoms with van der Waals surface area (Å²) in [6.45, 7) is 6.65. The van der Waals surface area contributed by atoms with Gasteiger partial charge in [-0.05, 0) is 61.7 Å². The minimum Gasteiger partial charge on any atom is -0.508 e. The molecular formula is C22H26N2O2. The van der Waals surface area contributed by atoms with Crippen molar-refractivity contribution in [3.63, 3.8) is 0 Å². The Kier molecular flexibility index (Phi) is 4.23. The first-order valence-corrected chi connectivity index (χ1v) is 9.30. The number of benzene rings is 2. The monoisotopic (exact) mass is 350 g/mol. The zero-order valence-electron chi connectivity index (χ0n) is 15.6. The van der Waals surface area contributed by atoms with Gasteiger partial charge in [0.05, 0.1) is 0 Å². The van der Waals surface area contributed by atoms with Crippen LogP contribution < -0.4 is 0 Å². The molecular weight excluding hydrogens is 324 g/mol. The smallest absolute Gasteiger partial charge is 0.253 e. The highest BCUT2D eigenvalue weighted by molar-refractivity contribution is 5.94. The van der Waals surface area contributed by atoms with Crippen LogP contribution in [0.3, 0.4) is 0 Å². The molecule has 0 aliphatic carbocycles. The molecule has 1 N–H and O–H groups in total. The lowest BCUT2D eigenvalue weighted by molar-refractivity contribution is 0.0767. The average Bonchev–Trinajstić information content (AvgIpc) is 3.14. The summed E-state index contributed by atoms with van der Waals surface area (Å²) in [7, 11) is 2.20. The van der Waals surface area contributed by atoms with Crippen LogP contribution in [0, 0.1) is 25.7 Å². The molecule has 0 saturated carbocycles. The number of nitrogens with zero attached hydrogens (tertiary/aromatic N) is 2. The Balaban J connectivity index is 1.57. The Hall–Kier alpha value is -2.33. The van der Waals surface area contributed by atoms with E-state index in [-0.39, 0.29) is 11.7 Å². The topological polar surface area (TPSA) is 43.8 Å². The number of hydrogen-bond acceptors (Lipinski definition) is 3. The van der Waals surface area contributed by atoms with Crippen LogP contribution in [0.5, 0.6) is 5.75 Å². The van der Waals surface area contributed by atoms with E-state index in [1.54, 1.807) is 18.2 Å². The summed E-state index contributed by atoms with van der Waals surface area (Å²) < 4.78 is 0. The molecule has 0 spiro atoms. The summed E-state index contributed by atoms with van der Waals surface area (Å²) in [5, 5.41) is 9.71. The van der Waals surface area contributed by atoms with Crippen molar-refractivity contribution < 1.29 is 9.90 Å². The number of aryl methyl sites for hydroxylation is 2. The molecule has 0 unspecified atom stereocenters. The number of carbonyl (C=O) groups is 1. The van der Waals surface area contributed by atoms with E-state index in [9.17, 15) is 9.90 Å². The highest BCUT2D eigenvalue weighted by Crippen LogP contribution is 2.45. The number of carbonyl (C=O) groups excluding carboxylic acids is 1. The molecule has 2 aromatic rings. The Bertz CT molecular complexity index is 848. The lowest BCUT2D eigenvalue weighted by Gasteiger charge is -2.28. The first-order chi connectivity index (χ1) is 12.5.